The molecule has 0 amide bonds. The lowest BCUT2D eigenvalue weighted by Gasteiger charge is -2.41. The summed E-state index contributed by atoms with van der Waals surface area (Å²) < 4.78 is 25.5. The smallest absolute Gasteiger partial charge is 0.191 e. The molecule has 0 spiro atoms. The van der Waals surface area contributed by atoms with E-state index in [1.54, 1.807) is 6.07 Å². The Hall–Kier alpha value is -1.90. The number of morpholine rings is 2. The van der Waals surface area contributed by atoms with Crippen molar-refractivity contribution in [3.05, 3.63) is 29.6 Å². The highest BCUT2D eigenvalue weighted by atomic mass is 19.1. The van der Waals surface area contributed by atoms with E-state index in [1.165, 1.54) is 0 Å². The summed E-state index contributed by atoms with van der Waals surface area (Å²) in [5, 5.41) is 6.73. The lowest BCUT2D eigenvalue weighted by atomic mass is 10.0. The molecule has 30 heavy (non-hydrogen) atoms. The average molecular weight is 422 g/mol. The monoisotopic (exact) mass is 421 g/mol. The summed E-state index contributed by atoms with van der Waals surface area (Å²) in [5.41, 5.74) is 1.49. The minimum atomic E-state index is -0.198. The van der Waals surface area contributed by atoms with E-state index < -0.39 is 0 Å². The Balaban J connectivity index is 1.59. The summed E-state index contributed by atoms with van der Waals surface area (Å²) in [6.45, 7) is 14.6. The second-order valence-corrected chi connectivity index (χ2v) is 8.35. The fourth-order valence-corrected chi connectivity index (χ4v) is 3.80. The molecule has 2 heterocycles. The molecule has 1 aromatic carbocycles. The first kappa shape index (κ1) is 22.8. The molecule has 2 saturated heterocycles. The van der Waals surface area contributed by atoms with Gasteiger partial charge in [-0.1, -0.05) is 6.07 Å². The van der Waals surface area contributed by atoms with Crippen molar-refractivity contribution in [3.63, 3.8) is 0 Å². The van der Waals surface area contributed by atoms with Gasteiger partial charge in [-0.3, -0.25) is 4.90 Å². The molecule has 1 aromatic rings. The van der Waals surface area contributed by atoms with Crippen molar-refractivity contribution in [3.8, 4) is 0 Å². The number of benzene rings is 1. The number of halogens is 1. The van der Waals surface area contributed by atoms with E-state index in [4.69, 9.17) is 9.47 Å². The molecule has 3 rings (SSSR count). The van der Waals surface area contributed by atoms with Crippen molar-refractivity contribution in [2.75, 3.05) is 70.6 Å². The molecule has 2 aliphatic heterocycles. The van der Waals surface area contributed by atoms with Gasteiger partial charge in [-0.05, 0) is 38.5 Å². The van der Waals surface area contributed by atoms with Crippen molar-refractivity contribution in [1.82, 2.24) is 15.5 Å². The SMILES string of the molecule is CCNC(=NCc1ccc(N2CCOCC2)c(F)c1)NCC(C)(C)N1CCOCC1. The van der Waals surface area contributed by atoms with Gasteiger partial charge < -0.3 is 25.0 Å². The third-order valence-corrected chi connectivity index (χ3v) is 5.68. The number of rotatable bonds is 7. The summed E-state index contributed by atoms with van der Waals surface area (Å²) in [7, 11) is 0. The van der Waals surface area contributed by atoms with E-state index in [0.29, 0.717) is 25.4 Å². The van der Waals surface area contributed by atoms with E-state index in [2.05, 4.69) is 34.4 Å². The van der Waals surface area contributed by atoms with Crippen LogP contribution in [0.15, 0.2) is 23.2 Å². The van der Waals surface area contributed by atoms with Crippen LogP contribution in [0.3, 0.4) is 0 Å². The average Bonchev–Trinajstić information content (AvgIpc) is 2.77. The molecule has 8 heteroatoms. The number of guanidine groups is 1. The van der Waals surface area contributed by atoms with Crippen molar-refractivity contribution >= 4 is 11.6 Å². The van der Waals surface area contributed by atoms with Crippen LogP contribution in [0, 0.1) is 5.82 Å². The minimum Gasteiger partial charge on any atom is -0.379 e. The highest BCUT2D eigenvalue weighted by molar-refractivity contribution is 5.79. The normalized spacial score (nSPS) is 19.1. The van der Waals surface area contributed by atoms with Crippen LogP contribution < -0.4 is 15.5 Å². The van der Waals surface area contributed by atoms with Gasteiger partial charge in [0.15, 0.2) is 5.96 Å². The lowest BCUT2D eigenvalue weighted by molar-refractivity contribution is -0.00834. The highest BCUT2D eigenvalue weighted by Gasteiger charge is 2.28. The van der Waals surface area contributed by atoms with Crippen molar-refractivity contribution in [2.45, 2.75) is 32.9 Å². The summed E-state index contributed by atoms with van der Waals surface area (Å²) in [5.74, 6) is 0.549. The Labute approximate surface area is 179 Å². The lowest BCUT2D eigenvalue weighted by Crippen LogP contribution is -2.56. The number of nitrogens with zero attached hydrogens (tertiary/aromatic N) is 3. The maximum atomic E-state index is 14.6. The standard InChI is InChI=1S/C22H36FN5O2/c1-4-24-21(26-17-22(2,3)28-9-13-30-14-10-28)25-16-18-5-6-20(19(23)15-18)27-7-11-29-12-8-27/h5-6,15H,4,7-14,16-17H2,1-3H3,(H2,24,25,26). The molecular formula is C22H36FN5O2. The Morgan fingerprint density at radius 3 is 2.37 bits per heavy atom. The topological polar surface area (TPSA) is 61.4 Å². The van der Waals surface area contributed by atoms with E-state index in [9.17, 15) is 4.39 Å². The fourth-order valence-electron chi connectivity index (χ4n) is 3.80. The molecule has 0 atom stereocenters. The molecule has 168 valence electrons. The molecule has 0 unspecified atom stereocenters. The first-order chi connectivity index (χ1) is 14.5. The van der Waals surface area contributed by atoms with E-state index in [-0.39, 0.29) is 11.4 Å². The van der Waals surface area contributed by atoms with Gasteiger partial charge in [0.2, 0.25) is 0 Å². The zero-order valence-corrected chi connectivity index (χ0v) is 18.5. The molecule has 7 nitrogen and oxygen atoms in total. The van der Waals surface area contributed by atoms with E-state index in [0.717, 1.165) is 64.0 Å². The van der Waals surface area contributed by atoms with Crippen LogP contribution in [0.4, 0.5) is 10.1 Å². The maximum Gasteiger partial charge on any atom is 0.191 e. The predicted octanol–water partition coefficient (Wildman–Crippen LogP) is 1.83. The number of nitrogens with one attached hydrogen (secondary N) is 2. The zero-order valence-electron chi connectivity index (χ0n) is 18.5. The molecule has 0 bridgehead atoms. The molecule has 2 aliphatic rings. The summed E-state index contributed by atoms with van der Waals surface area (Å²) in [6, 6.07) is 5.40. The first-order valence-electron chi connectivity index (χ1n) is 11.0. The number of ether oxygens (including phenoxy) is 2. The first-order valence-corrected chi connectivity index (χ1v) is 11.0. The van der Waals surface area contributed by atoms with Crippen LogP contribution in [0.25, 0.3) is 0 Å². The quantitative estimate of drug-likeness (QED) is 0.517. The van der Waals surface area contributed by atoms with Crippen molar-refractivity contribution < 1.29 is 13.9 Å². The second kappa shape index (κ2) is 10.9. The van der Waals surface area contributed by atoms with Gasteiger partial charge >= 0.3 is 0 Å². The van der Waals surface area contributed by atoms with E-state index >= 15 is 0 Å². The minimum absolute atomic E-state index is 0.00805. The number of hydrogen-bond donors (Lipinski definition) is 2. The van der Waals surface area contributed by atoms with Crippen LogP contribution in [0.1, 0.15) is 26.3 Å². The van der Waals surface area contributed by atoms with Gasteiger partial charge in [0.05, 0.1) is 38.7 Å². The molecule has 2 N–H and O–H groups in total. The number of aliphatic imine (C=N–C) groups is 1. The van der Waals surface area contributed by atoms with Crippen molar-refractivity contribution in [1.29, 1.82) is 0 Å². The largest absolute Gasteiger partial charge is 0.379 e. The van der Waals surface area contributed by atoms with Gasteiger partial charge in [0, 0.05) is 44.8 Å². The maximum absolute atomic E-state index is 14.6. The number of hydrogen-bond acceptors (Lipinski definition) is 5. The third kappa shape index (κ3) is 6.30. The third-order valence-electron chi connectivity index (χ3n) is 5.68. The molecule has 0 saturated carbocycles. The van der Waals surface area contributed by atoms with Gasteiger partial charge in [-0.15, -0.1) is 0 Å². The zero-order chi connectivity index (χ0) is 21.4. The molecule has 0 aromatic heterocycles. The Morgan fingerprint density at radius 2 is 1.73 bits per heavy atom. The Bertz CT molecular complexity index is 701. The van der Waals surface area contributed by atoms with Gasteiger partial charge in [-0.25, -0.2) is 9.38 Å². The predicted molar refractivity (Wildman–Crippen MR) is 119 cm³/mol. The number of anilines is 1. The molecule has 0 radical (unpaired) electrons. The second-order valence-electron chi connectivity index (χ2n) is 8.35. The van der Waals surface area contributed by atoms with Gasteiger partial charge in [0.1, 0.15) is 5.82 Å². The van der Waals surface area contributed by atoms with Crippen LogP contribution in [-0.2, 0) is 16.0 Å². The highest BCUT2D eigenvalue weighted by Crippen LogP contribution is 2.22. The molecule has 0 aliphatic carbocycles. The Morgan fingerprint density at radius 1 is 1.07 bits per heavy atom. The van der Waals surface area contributed by atoms with Gasteiger partial charge in [-0.2, -0.15) is 0 Å². The van der Waals surface area contributed by atoms with Crippen LogP contribution in [-0.4, -0.2) is 82.1 Å². The van der Waals surface area contributed by atoms with Gasteiger partial charge in [0.25, 0.3) is 0 Å². The van der Waals surface area contributed by atoms with Crippen molar-refractivity contribution in [2.24, 2.45) is 4.99 Å². The molecular weight excluding hydrogens is 385 g/mol. The van der Waals surface area contributed by atoms with Crippen LogP contribution in [0.5, 0.6) is 0 Å². The summed E-state index contributed by atoms with van der Waals surface area (Å²) in [4.78, 5) is 9.14. The summed E-state index contributed by atoms with van der Waals surface area (Å²) >= 11 is 0. The fraction of sp³-hybridized carbons (Fsp3) is 0.682. The van der Waals surface area contributed by atoms with E-state index in [1.807, 2.05) is 24.0 Å². The summed E-state index contributed by atoms with van der Waals surface area (Å²) in [6.07, 6.45) is 0. The Kier molecular flexibility index (Phi) is 8.30. The van der Waals surface area contributed by atoms with Crippen LogP contribution >= 0.6 is 0 Å². The molecule has 2 fully saturated rings. The van der Waals surface area contributed by atoms with Crippen LogP contribution in [0.2, 0.25) is 0 Å².